The van der Waals surface area contributed by atoms with Crippen LogP contribution in [-0.2, 0) is 24.2 Å². The second kappa shape index (κ2) is 8.57. The van der Waals surface area contributed by atoms with Crippen molar-refractivity contribution in [2.45, 2.75) is 45.1 Å². The number of nitrogens with one attached hydrogen (secondary N) is 2. The lowest BCUT2D eigenvalue weighted by atomic mass is 10.00. The van der Waals surface area contributed by atoms with Crippen molar-refractivity contribution in [2.75, 3.05) is 0 Å². The van der Waals surface area contributed by atoms with Gasteiger partial charge < -0.3 is 0 Å². The molecular weight excluding hydrogens is 388 g/mol. The number of aromatic nitrogens is 2. The topological polar surface area (TPSA) is 93.1 Å². The van der Waals surface area contributed by atoms with Gasteiger partial charge in [-0.1, -0.05) is 25.0 Å². The van der Waals surface area contributed by atoms with Gasteiger partial charge in [0.15, 0.2) is 0 Å². The number of aryl methyl sites for hydroxylation is 2. The predicted octanol–water partition coefficient (Wildman–Crippen LogP) is 2.58. The summed E-state index contributed by atoms with van der Waals surface area (Å²) in [7, 11) is 0. The van der Waals surface area contributed by atoms with Crippen LogP contribution in [0.15, 0.2) is 41.3 Å². The fourth-order valence-corrected chi connectivity index (χ4v) is 4.75. The summed E-state index contributed by atoms with van der Waals surface area (Å²) in [6, 6.07) is 9.04. The maximum absolute atomic E-state index is 12.5. The molecule has 1 aliphatic carbocycles. The highest BCUT2D eigenvalue weighted by atomic mass is 32.1. The third kappa shape index (κ3) is 4.37. The van der Waals surface area contributed by atoms with Crippen molar-refractivity contribution < 1.29 is 9.59 Å². The SMILES string of the molecule is O=C(Cn1c(=O)cnc2ccccc21)NNC(=O)c1cc2c(s1)CCCCCC2. The van der Waals surface area contributed by atoms with Crippen molar-refractivity contribution in [2.24, 2.45) is 0 Å². The maximum Gasteiger partial charge on any atom is 0.279 e. The summed E-state index contributed by atoms with van der Waals surface area (Å²) in [5.41, 5.74) is 6.96. The van der Waals surface area contributed by atoms with Crippen LogP contribution in [0.4, 0.5) is 0 Å². The number of thiophene rings is 1. The number of benzene rings is 1. The van der Waals surface area contributed by atoms with E-state index in [4.69, 9.17) is 0 Å². The molecule has 2 amide bonds. The lowest BCUT2D eigenvalue weighted by Crippen LogP contribution is -2.44. The minimum atomic E-state index is -0.480. The Hall–Kier alpha value is -3.00. The van der Waals surface area contributed by atoms with E-state index in [0.29, 0.717) is 15.9 Å². The molecule has 0 fully saturated rings. The molecule has 0 aliphatic heterocycles. The molecule has 150 valence electrons. The van der Waals surface area contributed by atoms with Gasteiger partial charge in [0, 0.05) is 4.88 Å². The number of fused-ring (bicyclic) bond motifs is 2. The van der Waals surface area contributed by atoms with Gasteiger partial charge >= 0.3 is 0 Å². The molecule has 29 heavy (non-hydrogen) atoms. The van der Waals surface area contributed by atoms with E-state index in [1.54, 1.807) is 18.2 Å². The van der Waals surface area contributed by atoms with E-state index in [-0.39, 0.29) is 18.0 Å². The van der Waals surface area contributed by atoms with E-state index < -0.39 is 5.91 Å². The zero-order chi connectivity index (χ0) is 20.2. The molecule has 1 aromatic carbocycles. The van der Waals surface area contributed by atoms with Crippen LogP contribution in [0.1, 0.15) is 45.8 Å². The molecule has 0 atom stereocenters. The van der Waals surface area contributed by atoms with Crippen LogP contribution >= 0.6 is 11.3 Å². The normalized spacial score (nSPS) is 13.9. The average Bonchev–Trinajstić information content (AvgIpc) is 3.10. The highest BCUT2D eigenvalue weighted by Crippen LogP contribution is 2.28. The monoisotopic (exact) mass is 410 g/mol. The van der Waals surface area contributed by atoms with Crippen molar-refractivity contribution in [1.29, 1.82) is 0 Å². The minimum Gasteiger partial charge on any atom is -0.296 e. The lowest BCUT2D eigenvalue weighted by molar-refractivity contribution is -0.122. The first-order valence-corrected chi connectivity index (χ1v) is 10.6. The average molecular weight is 410 g/mol. The van der Waals surface area contributed by atoms with Crippen LogP contribution in [0.2, 0.25) is 0 Å². The number of hydrazine groups is 1. The Balaban J connectivity index is 1.41. The molecular formula is C21H22N4O3S. The fraction of sp³-hybridized carbons (Fsp3) is 0.333. The van der Waals surface area contributed by atoms with E-state index in [0.717, 1.165) is 25.7 Å². The van der Waals surface area contributed by atoms with Crippen molar-refractivity contribution in [3.63, 3.8) is 0 Å². The summed E-state index contributed by atoms with van der Waals surface area (Å²) in [6.45, 7) is -0.205. The molecule has 2 aromatic heterocycles. The van der Waals surface area contributed by atoms with Gasteiger partial charge in [-0.15, -0.1) is 11.3 Å². The van der Waals surface area contributed by atoms with Crippen LogP contribution in [0.3, 0.4) is 0 Å². The summed E-state index contributed by atoms with van der Waals surface area (Å²) in [5, 5.41) is 0. The third-order valence-corrected chi connectivity index (χ3v) is 6.33. The van der Waals surface area contributed by atoms with Gasteiger partial charge in [0.2, 0.25) is 0 Å². The van der Waals surface area contributed by atoms with Gasteiger partial charge in [0.25, 0.3) is 17.4 Å². The highest BCUT2D eigenvalue weighted by molar-refractivity contribution is 7.14. The first kappa shape index (κ1) is 19.3. The third-order valence-electron chi connectivity index (χ3n) is 5.09. The van der Waals surface area contributed by atoms with Gasteiger partial charge in [0.05, 0.1) is 22.1 Å². The molecule has 0 saturated carbocycles. The summed E-state index contributed by atoms with van der Waals surface area (Å²) < 4.78 is 1.33. The van der Waals surface area contributed by atoms with Crippen LogP contribution in [0, 0.1) is 0 Å². The molecule has 0 unspecified atom stereocenters. The maximum atomic E-state index is 12.5. The first-order valence-electron chi connectivity index (χ1n) is 9.77. The Morgan fingerprint density at radius 3 is 2.72 bits per heavy atom. The molecule has 1 aliphatic rings. The summed E-state index contributed by atoms with van der Waals surface area (Å²) in [5.74, 6) is -0.811. The van der Waals surface area contributed by atoms with Crippen molar-refractivity contribution in [3.8, 4) is 0 Å². The minimum absolute atomic E-state index is 0.205. The van der Waals surface area contributed by atoms with E-state index in [9.17, 15) is 14.4 Å². The van der Waals surface area contributed by atoms with Gasteiger partial charge in [-0.25, -0.2) is 4.98 Å². The molecule has 0 saturated heterocycles. The number of hydrogen-bond donors (Lipinski definition) is 2. The molecule has 3 aromatic rings. The number of rotatable bonds is 3. The van der Waals surface area contributed by atoms with E-state index in [1.807, 2.05) is 12.1 Å². The van der Waals surface area contributed by atoms with Crippen molar-refractivity contribution >= 4 is 34.2 Å². The lowest BCUT2D eigenvalue weighted by Gasteiger charge is -2.10. The first-order chi connectivity index (χ1) is 14.1. The fourth-order valence-electron chi connectivity index (χ4n) is 3.61. The molecule has 4 rings (SSSR count). The number of carbonyl (C=O) groups excluding carboxylic acids is 2. The zero-order valence-electron chi connectivity index (χ0n) is 15.9. The Labute approximate surface area is 171 Å². The number of nitrogens with zero attached hydrogens (tertiary/aromatic N) is 2. The number of hydrogen-bond acceptors (Lipinski definition) is 5. The molecule has 2 heterocycles. The van der Waals surface area contributed by atoms with Gasteiger partial charge in [0.1, 0.15) is 6.54 Å². The number of amides is 2. The predicted molar refractivity (Wildman–Crippen MR) is 112 cm³/mol. The highest BCUT2D eigenvalue weighted by Gasteiger charge is 2.17. The van der Waals surface area contributed by atoms with Crippen LogP contribution in [0.25, 0.3) is 11.0 Å². The molecule has 7 nitrogen and oxygen atoms in total. The smallest absolute Gasteiger partial charge is 0.279 e. The van der Waals surface area contributed by atoms with E-state index in [2.05, 4.69) is 15.8 Å². The Kier molecular flexibility index (Phi) is 5.71. The van der Waals surface area contributed by atoms with Gasteiger partial charge in [-0.3, -0.25) is 29.8 Å². The van der Waals surface area contributed by atoms with E-state index in [1.165, 1.54) is 45.4 Å². The van der Waals surface area contributed by atoms with Crippen molar-refractivity contribution in [3.05, 3.63) is 62.2 Å². The zero-order valence-corrected chi connectivity index (χ0v) is 16.8. The van der Waals surface area contributed by atoms with Crippen molar-refractivity contribution in [1.82, 2.24) is 20.4 Å². The Morgan fingerprint density at radius 1 is 1.07 bits per heavy atom. The molecule has 0 bridgehead atoms. The standard InChI is InChI=1S/C21H22N4O3S/c26-19(13-25-16-9-6-5-8-15(16)22-12-20(25)27)23-24-21(28)18-11-14-7-3-1-2-4-10-17(14)29-18/h5-6,8-9,11-12H,1-4,7,10,13H2,(H,23,26)(H,24,28). The summed E-state index contributed by atoms with van der Waals surface area (Å²) >= 11 is 1.50. The summed E-state index contributed by atoms with van der Waals surface area (Å²) in [4.78, 5) is 42.9. The second-order valence-electron chi connectivity index (χ2n) is 7.15. The molecule has 8 heteroatoms. The number of para-hydroxylation sites is 2. The van der Waals surface area contributed by atoms with Crippen LogP contribution in [-0.4, -0.2) is 21.4 Å². The molecule has 0 spiro atoms. The second-order valence-corrected chi connectivity index (χ2v) is 8.28. The van der Waals surface area contributed by atoms with E-state index >= 15 is 0 Å². The van der Waals surface area contributed by atoms with Gasteiger partial charge in [-0.2, -0.15) is 0 Å². The largest absolute Gasteiger partial charge is 0.296 e. The quantitative estimate of drug-likeness (QED) is 0.649. The van der Waals surface area contributed by atoms with Crippen LogP contribution < -0.4 is 16.4 Å². The Bertz CT molecular complexity index is 1090. The molecule has 0 radical (unpaired) electrons. The Morgan fingerprint density at radius 2 is 1.86 bits per heavy atom. The van der Waals surface area contributed by atoms with Crippen LogP contribution in [0.5, 0.6) is 0 Å². The number of carbonyl (C=O) groups is 2. The van der Waals surface area contributed by atoms with Gasteiger partial charge in [-0.05, 0) is 49.4 Å². The molecule has 2 N–H and O–H groups in total. The summed E-state index contributed by atoms with van der Waals surface area (Å²) in [6.07, 6.45) is 7.97.